The predicted octanol–water partition coefficient (Wildman–Crippen LogP) is 4.30. The average Bonchev–Trinajstić information content (AvgIpc) is 2.80. The van der Waals surface area contributed by atoms with Gasteiger partial charge in [-0.3, -0.25) is 9.59 Å². The van der Waals surface area contributed by atoms with Crippen LogP contribution in [0.15, 0.2) is 84.9 Å². The molecule has 0 bridgehead atoms. The zero-order valence-electron chi connectivity index (χ0n) is 17.0. The van der Waals surface area contributed by atoms with E-state index in [1.165, 1.54) is 0 Å². The highest BCUT2D eigenvalue weighted by Crippen LogP contribution is 2.38. The minimum absolute atomic E-state index is 0.0124. The summed E-state index contributed by atoms with van der Waals surface area (Å²) in [6, 6.07) is 27.7. The van der Waals surface area contributed by atoms with Crippen LogP contribution in [0.4, 0.5) is 0 Å². The van der Waals surface area contributed by atoms with Gasteiger partial charge in [0, 0.05) is 18.7 Å². The van der Waals surface area contributed by atoms with Gasteiger partial charge in [-0.1, -0.05) is 72.8 Å². The Morgan fingerprint density at radius 1 is 0.800 bits per heavy atom. The summed E-state index contributed by atoms with van der Waals surface area (Å²) >= 11 is 0. The highest BCUT2D eigenvalue weighted by atomic mass is 16.2. The van der Waals surface area contributed by atoms with Gasteiger partial charge in [0.1, 0.15) is 0 Å². The molecule has 0 aliphatic carbocycles. The summed E-state index contributed by atoms with van der Waals surface area (Å²) in [5, 5.41) is 0. The number of rotatable bonds is 5. The standard InChI is InChI=1S/C26H26N2O2/c27-25(30)26(15-17-28(18-16-26)24(29)21-11-5-2-6-12-21)19-22-13-7-8-14-23(22)20-9-3-1-4-10-20/h1-14H,15-19H2,(H2,27,30). The van der Waals surface area contributed by atoms with Crippen LogP contribution >= 0.6 is 0 Å². The van der Waals surface area contributed by atoms with Crippen LogP contribution in [0, 0.1) is 5.41 Å². The van der Waals surface area contributed by atoms with E-state index >= 15 is 0 Å². The predicted molar refractivity (Wildman–Crippen MR) is 119 cm³/mol. The lowest BCUT2D eigenvalue weighted by molar-refractivity contribution is -0.130. The van der Waals surface area contributed by atoms with E-state index in [9.17, 15) is 9.59 Å². The van der Waals surface area contributed by atoms with Gasteiger partial charge in [0.15, 0.2) is 0 Å². The van der Waals surface area contributed by atoms with Crippen LogP contribution in [-0.2, 0) is 11.2 Å². The molecule has 4 heteroatoms. The third-order valence-corrected chi connectivity index (χ3v) is 6.18. The van der Waals surface area contributed by atoms with Crippen LogP contribution in [0.2, 0.25) is 0 Å². The van der Waals surface area contributed by atoms with Crippen molar-refractivity contribution in [3.05, 3.63) is 96.1 Å². The largest absolute Gasteiger partial charge is 0.369 e. The molecule has 0 unspecified atom stereocenters. The lowest BCUT2D eigenvalue weighted by atomic mass is 9.72. The van der Waals surface area contributed by atoms with Gasteiger partial charge in [-0.25, -0.2) is 0 Å². The number of hydrogen-bond acceptors (Lipinski definition) is 2. The second-order valence-electron chi connectivity index (χ2n) is 8.00. The Morgan fingerprint density at radius 3 is 2.00 bits per heavy atom. The second-order valence-corrected chi connectivity index (χ2v) is 8.00. The molecule has 0 saturated carbocycles. The number of carbonyl (C=O) groups excluding carboxylic acids is 2. The normalized spacial score (nSPS) is 15.5. The molecule has 0 radical (unpaired) electrons. The van der Waals surface area contributed by atoms with E-state index in [0.29, 0.717) is 37.9 Å². The van der Waals surface area contributed by atoms with Gasteiger partial charge in [-0.05, 0) is 48.1 Å². The van der Waals surface area contributed by atoms with Crippen molar-refractivity contribution in [1.29, 1.82) is 0 Å². The molecule has 3 aromatic carbocycles. The van der Waals surface area contributed by atoms with Gasteiger partial charge in [-0.15, -0.1) is 0 Å². The number of benzene rings is 3. The molecule has 0 aromatic heterocycles. The summed E-state index contributed by atoms with van der Waals surface area (Å²) in [6.45, 7) is 1.06. The van der Waals surface area contributed by atoms with Gasteiger partial charge >= 0.3 is 0 Å². The van der Waals surface area contributed by atoms with Crippen LogP contribution in [0.1, 0.15) is 28.8 Å². The average molecular weight is 399 g/mol. The summed E-state index contributed by atoms with van der Waals surface area (Å²) in [6.07, 6.45) is 1.73. The monoisotopic (exact) mass is 398 g/mol. The number of likely N-dealkylation sites (tertiary alicyclic amines) is 1. The van der Waals surface area contributed by atoms with Gasteiger partial charge in [0.2, 0.25) is 5.91 Å². The Balaban J connectivity index is 1.55. The SMILES string of the molecule is NC(=O)C1(Cc2ccccc2-c2ccccc2)CCN(C(=O)c2ccccc2)CC1. The van der Waals surface area contributed by atoms with E-state index in [0.717, 1.165) is 16.7 Å². The highest BCUT2D eigenvalue weighted by molar-refractivity contribution is 5.94. The molecule has 1 aliphatic rings. The maximum Gasteiger partial charge on any atom is 0.253 e. The molecule has 2 amide bonds. The smallest absolute Gasteiger partial charge is 0.253 e. The third kappa shape index (κ3) is 3.99. The number of nitrogens with zero attached hydrogens (tertiary/aromatic N) is 1. The maximum atomic E-state index is 12.8. The number of hydrogen-bond donors (Lipinski definition) is 1. The Labute approximate surface area is 177 Å². The summed E-state index contributed by atoms with van der Waals surface area (Å²) < 4.78 is 0. The fourth-order valence-electron chi connectivity index (χ4n) is 4.35. The molecule has 4 rings (SSSR count). The van der Waals surface area contributed by atoms with Crippen molar-refractivity contribution in [2.75, 3.05) is 13.1 Å². The molecule has 4 nitrogen and oxygen atoms in total. The van der Waals surface area contributed by atoms with Crippen LogP contribution in [-0.4, -0.2) is 29.8 Å². The van der Waals surface area contributed by atoms with Crippen molar-refractivity contribution in [1.82, 2.24) is 4.90 Å². The van der Waals surface area contributed by atoms with Crippen molar-refractivity contribution in [3.8, 4) is 11.1 Å². The van der Waals surface area contributed by atoms with Crippen molar-refractivity contribution in [2.24, 2.45) is 11.1 Å². The lowest BCUT2D eigenvalue weighted by Gasteiger charge is -2.40. The third-order valence-electron chi connectivity index (χ3n) is 6.18. The molecule has 30 heavy (non-hydrogen) atoms. The molecule has 0 spiro atoms. The van der Waals surface area contributed by atoms with Crippen LogP contribution in [0.5, 0.6) is 0 Å². The van der Waals surface area contributed by atoms with Gasteiger partial charge in [0.25, 0.3) is 5.91 Å². The Morgan fingerprint density at radius 2 is 1.37 bits per heavy atom. The van der Waals surface area contributed by atoms with E-state index in [1.807, 2.05) is 65.6 Å². The molecule has 3 aromatic rings. The molecular formula is C26H26N2O2. The fraction of sp³-hybridized carbons (Fsp3) is 0.231. The highest BCUT2D eigenvalue weighted by Gasteiger charge is 2.41. The van der Waals surface area contributed by atoms with Crippen LogP contribution in [0.3, 0.4) is 0 Å². The van der Waals surface area contributed by atoms with Gasteiger partial charge < -0.3 is 10.6 Å². The van der Waals surface area contributed by atoms with E-state index < -0.39 is 5.41 Å². The molecule has 1 fully saturated rings. The van der Waals surface area contributed by atoms with Crippen molar-refractivity contribution < 1.29 is 9.59 Å². The Bertz CT molecular complexity index is 1020. The van der Waals surface area contributed by atoms with Gasteiger partial charge in [-0.2, -0.15) is 0 Å². The van der Waals surface area contributed by atoms with Crippen molar-refractivity contribution >= 4 is 11.8 Å². The molecule has 0 atom stereocenters. The first kappa shape index (κ1) is 19.9. The minimum atomic E-state index is -0.641. The summed E-state index contributed by atoms with van der Waals surface area (Å²) in [5.74, 6) is -0.268. The number of nitrogens with two attached hydrogens (primary N) is 1. The van der Waals surface area contributed by atoms with Gasteiger partial charge in [0.05, 0.1) is 5.41 Å². The molecular weight excluding hydrogens is 372 g/mol. The van der Waals surface area contributed by atoms with Crippen molar-refractivity contribution in [3.63, 3.8) is 0 Å². The first-order chi connectivity index (χ1) is 14.6. The van der Waals surface area contributed by atoms with Crippen LogP contribution < -0.4 is 5.73 Å². The van der Waals surface area contributed by atoms with E-state index in [4.69, 9.17) is 5.73 Å². The topological polar surface area (TPSA) is 63.4 Å². The van der Waals surface area contributed by atoms with E-state index in [2.05, 4.69) is 24.3 Å². The summed E-state index contributed by atoms with van der Waals surface area (Å²) in [7, 11) is 0. The number of piperidine rings is 1. The first-order valence-corrected chi connectivity index (χ1v) is 10.4. The minimum Gasteiger partial charge on any atom is -0.369 e. The maximum absolute atomic E-state index is 12.8. The second kappa shape index (κ2) is 8.54. The Kier molecular flexibility index (Phi) is 5.66. The quantitative estimate of drug-likeness (QED) is 0.696. The lowest BCUT2D eigenvalue weighted by Crippen LogP contribution is -2.50. The van der Waals surface area contributed by atoms with Crippen molar-refractivity contribution in [2.45, 2.75) is 19.3 Å². The number of amides is 2. The zero-order valence-corrected chi connectivity index (χ0v) is 17.0. The molecule has 2 N–H and O–H groups in total. The first-order valence-electron chi connectivity index (χ1n) is 10.4. The zero-order chi connectivity index (χ0) is 21.0. The summed E-state index contributed by atoms with van der Waals surface area (Å²) in [4.78, 5) is 27.2. The molecule has 152 valence electrons. The van der Waals surface area contributed by atoms with Crippen LogP contribution in [0.25, 0.3) is 11.1 Å². The number of carbonyl (C=O) groups is 2. The summed E-state index contributed by atoms with van der Waals surface area (Å²) in [5.41, 5.74) is 9.34. The fourth-order valence-corrected chi connectivity index (χ4v) is 4.35. The Hall–Kier alpha value is -3.40. The number of primary amides is 1. The molecule has 1 aliphatic heterocycles. The van der Waals surface area contributed by atoms with E-state index in [1.54, 1.807) is 0 Å². The van der Waals surface area contributed by atoms with E-state index in [-0.39, 0.29) is 11.8 Å². The molecule has 1 heterocycles. The molecule has 1 saturated heterocycles.